The number of aromatic hydroxyl groups is 1. The smallest absolute Gasteiger partial charge is 0.255 e. The van der Waals surface area contributed by atoms with Crippen LogP contribution in [0.15, 0.2) is 29.0 Å². The van der Waals surface area contributed by atoms with Crippen molar-refractivity contribution in [3.63, 3.8) is 0 Å². The number of nitrogens with zero attached hydrogens (tertiary/aromatic N) is 1. The summed E-state index contributed by atoms with van der Waals surface area (Å²) >= 11 is 0. The number of Topliss-reactive ketones (excluding diaryl/α,β-unsaturated/α-hetero) is 2. The Morgan fingerprint density at radius 1 is 1.20 bits per heavy atom. The Kier molecular flexibility index (Phi) is 5.50. The Morgan fingerprint density at radius 3 is 2.37 bits per heavy atom. The number of phenols is 1. The zero-order valence-electron chi connectivity index (χ0n) is 19.1. The van der Waals surface area contributed by atoms with Crippen LogP contribution >= 0.6 is 0 Å². The number of aliphatic hydroxyl groups excluding tert-OH is 2. The number of phenolic OH excluding ortho intramolecular Hbond substituents is 1. The molecule has 0 spiro atoms. The monoisotopic (exact) mass is 507 g/mol. The van der Waals surface area contributed by atoms with Crippen molar-refractivity contribution >= 4 is 38.9 Å². The van der Waals surface area contributed by atoms with Crippen LogP contribution in [0.25, 0.3) is 5.76 Å². The van der Waals surface area contributed by atoms with Crippen LogP contribution in [0.2, 0.25) is 0 Å². The lowest BCUT2D eigenvalue weighted by Crippen LogP contribution is -2.65. The second-order valence-electron chi connectivity index (χ2n) is 9.32. The standard InChI is InChI=1S/C22H25N3O9S/c1-25(2)16-10-7-8-6-9-11(24-35(3,33)34)4-5-12(26)14(9)17(27)13(8)19(29)22(10,32)20(30)15(18(16)28)21(23)31/h4-5,8,10,16,24,26-27,30,32H,6-7H2,1-3H3,(H2,23,31)/t8-,10+,16?,22+/m1/s1. The van der Waals surface area contributed by atoms with E-state index < -0.39 is 73.8 Å². The molecular formula is C22H25N3O9S. The zero-order valence-corrected chi connectivity index (χ0v) is 19.9. The van der Waals surface area contributed by atoms with Gasteiger partial charge in [0.2, 0.25) is 15.8 Å². The molecule has 1 unspecified atom stereocenters. The van der Waals surface area contributed by atoms with Gasteiger partial charge in [-0.1, -0.05) is 0 Å². The molecule has 3 aliphatic rings. The number of likely N-dealkylation sites (N-methyl/N-ethyl adjacent to an activating group) is 1. The molecular weight excluding hydrogens is 482 g/mol. The van der Waals surface area contributed by atoms with E-state index >= 15 is 0 Å². The number of hydrogen-bond acceptors (Lipinski definition) is 10. The fraction of sp³-hybridized carbons (Fsp3) is 0.409. The van der Waals surface area contributed by atoms with Gasteiger partial charge in [-0.15, -0.1) is 0 Å². The molecule has 7 N–H and O–H groups in total. The van der Waals surface area contributed by atoms with Crippen molar-refractivity contribution < 1.29 is 43.2 Å². The fourth-order valence-electron chi connectivity index (χ4n) is 5.54. The van der Waals surface area contributed by atoms with E-state index in [0.717, 1.165) is 12.3 Å². The minimum Gasteiger partial charge on any atom is -0.508 e. The molecule has 3 aliphatic carbocycles. The molecule has 0 heterocycles. The third-order valence-corrected chi connectivity index (χ3v) is 7.49. The number of aliphatic hydroxyl groups is 3. The number of nitrogens with one attached hydrogen (secondary N) is 1. The number of rotatable bonds is 4. The predicted molar refractivity (Wildman–Crippen MR) is 123 cm³/mol. The summed E-state index contributed by atoms with van der Waals surface area (Å²) in [7, 11) is -0.730. The van der Waals surface area contributed by atoms with Crippen molar-refractivity contribution in [2.45, 2.75) is 24.5 Å². The van der Waals surface area contributed by atoms with Gasteiger partial charge in [-0.3, -0.25) is 24.0 Å². The molecule has 188 valence electrons. The lowest BCUT2D eigenvalue weighted by Gasteiger charge is -2.50. The van der Waals surface area contributed by atoms with Crippen LogP contribution in [0.1, 0.15) is 17.5 Å². The molecule has 12 nitrogen and oxygen atoms in total. The molecule has 0 bridgehead atoms. The number of primary amides is 1. The summed E-state index contributed by atoms with van der Waals surface area (Å²) in [5, 5.41) is 43.8. The van der Waals surface area contributed by atoms with Gasteiger partial charge >= 0.3 is 0 Å². The third kappa shape index (κ3) is 3.49. The predicted octanol–water partition coefficient (Wildman–Crippen LogP) is -0.664. The average Bonchev–Trinajstić information content (AvgIpc) is 2.71. The Labute approximate surface area is 200 Å². The number of anilines is 1. The molecule has 4 atom stereocenters. The van der Waals surface area contributed by atoms with Gasteiger partial charge in [-0.25, -0.2) is 8.42 Å². The highest BCUT2D eigenvalue weighted by molar-refractivity contribution is 7.92. The van der Waals surface area contributed by atoms with Gasteiger partial charge in [-0.2, -0.15) is 0 Å². The minimum atomic E-state index is -3.73. The first-order valence-electron chi connectivity index (χ1n) is 10.6. The highest BCUT2D eigenvalue weighted by atomic mass is 32.2. The Bertz CT molecular complexity index is 1360. The summed E-state index contributed by atoms with van der Waals surface area (Å²) < 4.78 is 26.0. The molecule has 35 heavy (non-hydrogen) atoms. The molecule has 1 aromatic carbocycles. The maximum Gasteiger partial charge on any atom is 0.255 e. The molecule has 1 amide bonds. The van der Waals surface area contributed by atoms with Gasteiger partial charge in [0.05, 0.1) is 23.5 Å². The lowest BCUT2D eigenvalue weighted by molar-refractivity contribution is -0.153. The Morgan fingerprint density at radius 2 is 1.83 bits per heavy atom. The normalized spacial score (nSPS) is 28.5. The first-order valence-corrected chi connectivity index (χ1v) is 12.5. The van der Waals surface area contributed by atoms with Gasteiger partial charge in [0.1, 0.15) is 22.8 Å². The number of ketones is 2. The van der Waals surface area contributed by atoms with E-state index in [1.54, 1.807) is 0 Å². The number of hydrogen-bond donors (Lipinski definition) is 6. The van der Waals surface area contributed by atoms with E-state index in [1.807, 2.05) is 0 Å². The molecule has 0 aromatic heterocycles. The number of nitrogens with two attached hydrogens (primary N) is 1. The van der Waals surface area contributed by atoms with Gasteiger partial charge in [-0.05, 0) is 50.6 Å². The fourth-order valence-corrected chi connectivity index (χ4v) is 6.13. The van der Waals surface area contributed by atoms with Crippen molar-refractivity contribution in [2.75, 3.05) is 25.1 Å². The van der Waals surface area contributed by atoms with Crippen molar-refractivity contribution in [3.8, 4) is 5.75 Å². The summed E-state index contributed by atoms with van der Waals surface area (Å²) in [5.41, 5.74) is 1.44. The largest absolute Gasteiger partial charge is 0.508 e. The lowest BCUT2D eigenvalue weighted by atomic mass is 9.57. The number of sulfonamides is 1. The van der Waals surface area contributed by atoms with E-state index in [-0.39, 0.29) is 35.2 Å². The van der Waals surface area contributed by atoms with E-state index in [0.29, 0.717) is 0 Å². The van der Waals surface area contributed by atoms with Crippen LogP contribution in [0.5, 0.6) is 5.75 Å². The minimum absolute atomic E-state index is 0.0270. The van der Waals surface area contributed by atoms with Crippen LogP contribution < -0.4 is 10.5 Å². The van der Waals surface area contributed by atoms with Gasteiger partial charge in [0.15, 0.2) is 11.4 Å². The van der Waals surface area contributed by atoms with E-state index in [9.17, 15) is 43.2 Å². The maximum absolute atomic E-state index is 13.7. The summed E-state index contributed by atoms with van der Waals surface area (Å²) in [4.78, 5) is 40.1. The van der Waals surface area contributed by atoms with Crippen LogP contribution in [0, 0.1) is 11.8 Å². The summed E-state index contributed by atoms with van der Waals surface area (Å²) in [5.74, 6) is -7.65. The van der Waals surface area contributed by atoms with E-state index in [2.05, 4.69) is 4.72 Å². The van der Waals surface area contributed by atoms with Crippen LogP contribution in [0.3, 0.4) is 0 Å². The average molecular weight is 508 g/mol. The van der Waals surface area contributed by atoms with Crippen LogP contribution in [-0.2, 0) is 30.8 Å². The van der Waals surface area contributed by atoms with Crippen LogP contribution in [-0.4, -0.2) is 83.2 Å². The number of carbonyl (C=O) groups excluding carboxylic acids is 3. The van der Waals surface area contributed by atoms with Crippen molar-refractivity contribution in [1.29, 1.82) is 0 Å². The third-order valence-electron chi connectivity index (χ3n) is 6.90. The number of benzene rings is 1. The summed E-state index contributed by atoms with van der Waals surface area (Å²) in [6.45, 7) is 0. The Balaban J connectivity index is 1.97. The number of amides is 1. The molecule has 13 heteroatoms. The highest BCUT2D eigenvalue weighted by Crippen LogP contribution is 2.53. The van der Waals surface area contributed by atoms with E-state index in [1.165, 1.54) is 25.1 Å². The molecule has 0 aliphatic heterocycles. The van der Waals surface area contributed by atoms with Crippen molar-refractivity contribution in [2.24, 2.45) is 17.6 Å². The topological polar surface area (TPSA) is 208 Å². The molecule has 4 rings (SSSR count). The van der Waals surface area contributed by atoms with Crippen molar-refractivity contribution in [3.05, 3.63) is 40.2 Å². The number of fused-ring (bicyclic) bond motifs is 3. The molecule has 0 saturated heterocycles. The first-order chi connectivity index (χ1) is 16.1. The van der Waals surface area contributed by atoms with Crippen LogP contribution in [0.4, 0.5) is 5.69 Å². The Hall–Kier alpha value is -3.42. The van der Waals surface area contributed by atoms with Gasteiger partial charge < -0.3 is 26.2 Å². The number of carbonyl (C=O) groups is 3. The molecule has 1 aromatic rings. The molecule has 1 saturated carbocycles. The summed E-state index contributed by atoms with van der Waals surface area (Å²) in [6.07, 6.45) is 0.807. The zero-order chi connectivity index (χ0) is 26.2. The second-order valence-corrected chi connectivity index (χ2v) is 11.1. The maximum atomic E-state index is 13.7. The van der Waals surface area contributed by atoms with E-state index in [4.69, 9.17) is 5.73 Å². The SMILES string of the molecule is CN(C)C1C(=O)C(C(N)=O)=C(O)[C@@]2(O)C(=O)C3=C(O)c4c(O)ccc(NS(C)(=O)=O)c4C[C@@H]3C[C@@H]12. The molecule has 1 fully saturated rings. The highest BCUT2D eigenvalue weighted by Gasteiger charge is 2.64. The summed E-state index contributed by atoms with van der Waals surface area (Å²) in [6, 6.07) is 1.25. The first kappa shape index (κ1) is 24.7. The molecule has 0 radical (unpaired) electrons. The van der Waals surface area contributed by atoms with Crippen molar-refractivity contribution in [1.82, 2.24) is 4.90 Å². The van der Waals surface area contributed by atoms with Gasteiger partial charge in [0.25, 0.3) is 5.91 Å². The van der Waals surface area contributed by atoms with Gasteiger partial charge in [0, 0.05) is 11.5 Å². The second kappa shape index (κ2) is 7.80. The quantitative estimate of drug-likeness (QED) is 0.224.